The summed E-state index contributed by atoms with van der Waals surface area (Å²) in [4.78, 5) is 24.7. The molecule has 0 saturated carbocycles. The lowest BCUT2D eigenvalue weighted by Gasteiger charge is -2.17. The molecular formula is C11H19NO3. The van der Waals surface area contributed by atoms with Gasteiger partial charge in [-0.1, -0.05) is 0 Å². The number of likely N-dealkylation sites (tertiary alicyclic amines) is 1. The van der Waals surface area contributed by atoms with Gasteiger partial charge in [0.1, 0.15) is 12.2 Å². The van der Waals surface area contributed by atoms with E-state index in [1.807, 2.05) is 7.05 Å². The molecule has 0 N–H and O–H groups in total. The van der Waals surface area contributed by atoms with Gasteiger partial charge in [-0.2, -0.15) is 0 Å². The molecule has 1 fully saturated rings. The highest BCUT2D eigenvalue weighted by atomic mass is 16.5. The van der Waals surface area contributed by atoms with Gasteiger partial charge in [-0.15, -0.1) is 0 Å². The topological polar surface area (TPSA) is 46.6 Å². The van der Waals surface area contributed by atoms with Crippen LogP contribution in [-0.4, -0.2) is 42.9 Å². The highest BCUT2D eigenvalue weighted by Crippen LogP contribution is 2.18. The van der Waals surface area contributed by atoms with Crippen molar-refractivity contribution in [2.24, 2.45) is 0 Å². The van der Waals surface area contributed by atoms with Crippen molar-refractivity contribution in [2.75, 3.05) is 20.2 Å². The van der Waals surface area contributed by atoms with Gasteiger partial charge >= 0.3 is 5.97 Å². The first-order chi connectivity index (χ1) is 7.13. The molecule has 0 unspecified atom stereocenters. The lowest BCUT2D eigenvalue weighted by atomic mass is 10.1. The molecule has 1 saturated heterocycles. The predicted molar refractivity (Wildman–Crippen MR) is 56.5 cm³/mol. The molecule has 0 bridgehead atoms. The van der Waals surface area contributed by atoms with Crippen LogP contribution in [0.25, 0.3) is 0 Å². The van der Waals surface area contributed by atoms with E-state index >= 15 is 0 Å². The van der Waals surface area contributed by atoms with Gasteiger partial charge in [0.05, 0.1) is 6.61 Å². The summed E-state index contributed by atoms with van der Waals surface area (Å²) in [5, 5.41) is 0. The number of ketones is 1. The van der Waals surface area contributed by atoms with Gasteiger partial charge in [0, 0.05) is 12.5 Å². The first kappa shape index (κ1) is 12.2. The van der Waals surface area contributed by atoms with Crippen LogP contribution in [0.15, 0.2) is 0 Å². The van der Waals surface area contributed by atoms with Gasteiger partial charge in [-0.3, -0.25) is 9.59 Å². The van der Waals surface area contributed by atoms with E-state index < -0.39 is 5.97 Å². The summed E-state index contributed by atoms with van der Waals surface area (Å²) >= 11 is 0. The smallest absolute Gasteiger partial charge is 0.313 e. The van der Waals surface area contributed by atoms with Crippen molar-refractivity contribution in [3.8, 4) is 0 Å². The van der Waals surface area contributed by atoms with Crippen molar-refractivity contribution < 1.29 is 14.3 Å². The molecule has 0 aromatic heterocycles. The summed E-state index contributed by atoms with van der Waals surface area (Å²) in [7, 11) is 2.02. The van der Waals surface area contributed by atoms with Crippen molar-refractivity contribution in [1.29, 1.82) is 0 Å². The molecule has 0 aromatic rings. The zero-order valence-corrected chi connectivity index (χ0v) is 9.49. The number of nitrogens with zero attached hydrogens (tertiary/aromatic N) is 1. The maximum Gasteiger partial charge on any atom is 0.313 e. The van der Waals surface area contributed by atoms with Crippen LogP contribution in [0.1, 0.15) is 32.6 Å². The fourth-order valence-corrected chi connectivity index (χ4v) is 1.95. The Bertz CT molecular complexity index is 240. The standard InChI is InChI=1S/C11H19NO3/c1-3-15-11(14)8-10(13)7-9-5-4-6-12(9)2/h9H,3-8H2,1-2H3/t9-/m0/s1. The summed E-state index contributed by atoms with van der Waals surface area (Å²) in [6.45, 7) is 3.14. The zero-order valence-electron chi connectivity index (χ0n) is 9.49. The lowest BCUT2D eigenvalue weighted by molar-refractivity contribution is -0.145. The molecule has 15 heavy (non-hydrogen) atoms. The zero-order chi connectivity index (χ0) is 11.3. The molecule has 4 heteroatoms. The molecule has 1 atom stereocenters. The van der Waals surface area contributed by atoms with Crippen molar-refractivity contribution in [3.63, 3.8) is 0 Å². The third kappa shape index (κ3) is 4.00. The lowest BCUT2D eigenvalue weighted by Crippen LogP contribution is -2.28. The number of hydrogen-bond acceptors (Lipinski definition) is 4. The maximum atomic E-state index is 11.5. The minimum Gasteiger partial charge on any atom is -0.466 e. The fraction of sp³-hybridized carbons (Fsp3) is 0.818. The summed E-state index contributed by atoms with van der Waals surface area (Å²) < 4.78 is 4.73. The van der Waals surface area contributed by atoms with Crippen LogP contribution in [0.4, 0.5) is 0 Å². The molecule has 0 amide bonds. The van der Waals surface area contributed by atoms with Crippen LogP contribution in [0.2, 0.25) is 0 Å². The number of ether oxygens (including phenoxy) is 1. The van der Waals surface area contributed by atoms with Crippen LogP contribution in [0.3, 0.4) is 0 Å². The Labute approximate surface area is 90.6 Å². The quantitative estimate of drug-likeness (QED) is 0.505. The van der Waals surface area contributed by atoms with Gasteiger partial charge in [0.2, 0.25) is 0 Å². The molecule has 1 heterocycles. The Morgan fingerprint density at radius 1 is 1.47 bits per heavy atom. The number of rotatable bonds is 5. The first-order valence-corrected chi connectivity index (χ1v) is 5.51. The van der Waals surface area contributed by atoms with E-state index in [1.54, 1.807) is 6.92 Å². The summed E-state index contributed by atoms with van der Waals surface area (Å²) in [6.07, 6.45) is 2.62. The number of Topliss-reactive ketones (excluding diaryl/α,β-unsaturated/α-hetero) is 1. The van der Waals surface area contributed by atoms with Crippen LogP contribution in [0, 0.1) is 0 Å². The predicted octanol–water partition coefficient (Wildman–Crippen LogP) is 0.993. The normalized spacial score (nSPS) is 21.6. The number of hydrogen-bond donors (Lipinski definition) is 0. The van der Waals surface area contributed by atoms with Gasteiger partial charge in [-0.25, -0.2) is 0 Å². The Balaban J connectivity index is 2.26. The first-order valence-electron chi connectivity index (χ1n) is 5.51. The fourth-order valence-electron chi connectivity index (χ4n) is 1.95. The third-order valence-corrected chi connectivity index (χ3v) is 2.78. The highest BCUT2D eigenvalue weighted by Gasteiger charge is 2.24. The molecule has 0 spiro atoms. The summed E-state index contributed by atoms with van der Waals surface area (Å²) in [5.41, 5.74) is 0. The number of carbonyl (C=O) groups excluding carboxylic acids is 2. The Morgan fingerprint density at radius 2 is 2.20 bits per heavy atom. The Kier molecular flexibility index (Phi) is 4.75. The largest absolute Gasteiger partial charge is 0.466 e. The molecule has 86 valence electrons. The SMILES string of the molecule is CCOC(=O)CC(=O)C[C@@H]1CCCN1C. The van der Waals surface area contributed by atoms with Crippen LogP contribution in [-0.2, 0) is 14.3 Å². The van der Waals surface area contributed by atoms with Gasteiger partial charge in [0.25, 0.3) is 0 Å². The monoisotopic (exact) mass is 213 g/mol. The molecule has 0 aliphatic carbocycles. The third-order valence-electron chi connectivity index (χ3n) is 2.78. The van der Waals surface area contributed by atoms with Crippen molar-refractivity contribution >= 4 is 11.8 Å². The Morgan fingerprint density at radius 3 is 2.73 bits per heavy atom. The van der Waals surface area contributed by atoms with Crippen molar-refractivity contribution in [1.82, 2.24) is 4.90 Å². The van der Waals surface area contributed by atoms with E-state index in [2.05, 4.69) is 4.90 Å². The van der Waals surface area contributed by atoms with Crippen molar-refractivity contribution in [3.05, 3.63) is 0 Å². The second kappa shape index (κ2) is 5.85. The second-order valence-corrected chi connectivity index (χ2v) is 4.00. The molecule has 1 aliphatic heterocycles. The average molecular weight is 213 g/mol. The number of carbonyl (C=O) groups is 2. The van der Waals surface area contributed by atoms with Crippen LogP contribution in [0.5, 0.6) is 0 Å². The highest BCUT2D eigenvalue weighted by molar-refractivity contribution is 5.95. The second-order valence-electron chi connectivity index (χ2n) is 4.00. The van der Waals surface area contributed by atoms with Gasteiger partial charge < -0.3 is 9.64 Å². The Hall–Kier alpha value is -0.900. The van der Waals surface area contributed by atoms with E-state index in [-0.39, 0.29) is 12.2 Å². The van der Waals surface area contributed by atoms with E-state index in [1.165, 1.54) is 0 Å². The van der Waals surface area contributed by atoms with Crippen molar-refractivity contribution in [2.45, 2.75) is 38.6 Å². The van der Waals surface area contributed by atoms with Gasteiger partial charge in [-0.05, 0) is 33.4 Å². The molecule has 1 aliphatic rings. The van der Waals surface area contributed by atoms with Gasteiger partial charge in [0.15, 0.2) is 0 Å². The van der Waals surface area contributed by atoms with E-state index in [0.29, 0.717) is 19.1 Å². The average Bonchev–Trinajstić information content (AvgIpc) is 2.52. The minimum absolute atomic E-state index is 0.00722. The van der Waals surface area contributed by atoms with E-state index in [9.17, 15) is 9.59 Å². The van der Waals surface area contributed by atoms with Crippen LogP contribution < -0.4 is 0 Å². The minimum atomic E-state index is -0.400. The molecule has 4 nitrogen and oxygen atoms in total. The molecular weight excluding hydrogens is 194 g/mol. The summed E-state index contributed by atoms with van der Waals surface area (Å²) in [5.74, 6) is -0.407. The molecule has 0 radical (unpaired) electrons. The molecule has 1 rings (SSSR count). The molecule has 0 aromatic carbocycles. The number of esters is 1. The summed E-state index contributed by atoms with van der Waals surface area (Å²) in [6, 6.07) is 0.326. The van der Waals surface area contributed by atoms with E-state index in [0.717, 1.165) is 19.4 Å². The van der Waals surface area contributed by atoms with Crippen LogP contribution >= 0.6 is 0 Å². The van der Waals surface area contributed by atoms with E-state index in [4.69, 9.17) is 4.74 Å². The maximum absolute atomic E-state index is 11.5.